The van der Waals surface area contributed by atoms with Crippen molar-refractivity contribution in [3.05, 3.63) is 90.6 Å². The highest BCUT2D eigenvalue weighted by atomic mass is 16.3. The van der Waals surface area contributed by atoms with Crippen LogP contribution in [0.5, 0.6) is 5.75 Å². The molecule has 0 spiro atoms. The van der Waals surface area contributed by atoms with Crippen molar-refractivity contribution >= 4 is 44.3 Å². The molecule has 0 radical (unpaired) electrons. The molecule has 0 aliphatic carbocycles. The van der Waals surface area contributed by atoms with E-state index in [-0.39, 0.29) is 5.75 Å². The normalized spacial score (nSPS) is 11.7. The minimum absolute atomic E-state index is 0.167. The van der Waals surface area contributed by atoms with Gasteiger partial charge in [-0.25, -0.2) is 0 Å². The second-order valence-corrected chi connectivity index (χ2v) is 6.49. The fourth-order valence-electron chi connectivity index (χ4n) is 3.58. The average Bonchev–Trinajstić information content (AvgIpc) is 2.72. The first-order chi connectivity index (χ1) is 13.3. The molecule has 4 aromatic carbocycles. The fourth-order valence-corrected chi connectivity index (χ4v) is 3.58. The first kappa shape index (κ1) is 15.5. The number of phenolic OH excluding ortho intramolecular Hbond substituents is 1. The van der Waals surface area contributed by atoms with Crippen LogP contribution in [-0.2, 0) is 0 Å². The Morgan fingerprint density at radius 3 is 2.15 bits per heavy atom. The zero-order valence-corrected chi connectivity index (χ0v) is 14.5. The summed E-state index contributed by atoms with van der Waals surface area (Å²) in [6, 6.07) is 26.2. The lowest BCUT2D eigenvalue weighted by atomic mass is 9.97. The summed E-state index contributed by atoms with van der Waals surface area (Å²) in [5.74, 6) is 0.167. The van der Waals surface area contributed by atoms with E-state index in [9.17, 15) is 5.11 Å². The third kappa shape index (κ3) is 2.61. The van der Waals surface area contributed by atoms with E-state index in [1.807, 2.05) is 36.5 Å². The van der Waals surface area contributed by atoms with Crippen LogP contribution in [-0.4, -0.2) is 16.3 Å². The van der Waals surface area contributed by atoms with Crippen molar-refractivity contribution in [1.82, 2.24) is 4.98 Å². The molecule has 0 fully saturated rings. The lowest BCUT2D eigenvalue weighted by molar-refractivity contribution is 0.480. The minimum atomic E-state index is 0.167. The molecule has 0 bridgehead atoms. The third-order valence-electron chi connectivity index (χ3n) is 4.87. The minimum Gasteiger partial charge on any atom is -0.506 e. The summed E-state index contributed by atoms with van der Waals surface area (Å²) in [5, 5.41) is 15.6. The zero-order valence-electron chi connectivity index (χ0n) is 14.5. The van der Waals surface area contributed by atoms with E-state index < -0.39 is 0 Å². The lowest BCUT2D eigenvalue weighted by Crippen LogP contribution is -1.88. The van der Waals surface area contributed by atoms with Gasteiger partial charge in [0.15, 0.2) is 0 Å². The largest absolute Gasteiger partial charge is 0.506 e. The van der Waals surface area contributed by atoms with Gasteiger partial charge in [0, 0.05) is 23.4 Å². The Morgan fingerprint density at radius 2 is 1.41 bits per heavy atom. The van der Waals surface area contributed by atoms with Crippen LogP contribution in [0, 0.1) is 0 Å². The SMILES string of the molecule is Oc1ccc(N=Cc2c3ccccc3cc3ccccc23)c2cccnc12. The maximum atomic E-state index is 10.0. The lowest BCUT2D eigenvalue weighted by Gasteiger charge is -2.08. The highest BCUT2D eigenvalue weighted by Crippen LogP contribution is 2.32. The van der Waals surface area contributed by atoms with Crippen LogP contribution in [0.15, 0.2) is 90.1 Å². The molecule has 1 aromatic heterocycles. The van der Waals surface area contributed by atoms with Crippen molar-refractivity contribution in [2.75, 3.05) is 0 Å². The van der Waals surface area contributed by atoms with E-state index >= 15 is 0 Å². The van der Waals surface area contributed by atoms with E-state index in [4.69, 9.17) is 4.99 Å². The maximum absolute atomic E-state index is 10.0. The number of rotatable bonds is 2. The number of phenols is 1. The van der Waals surface area contributed by atoms with Crippen molar-refractivity contribution in [3.63, 3.8) is 0 Å². The highest BCUT2D eigenvalue weighted by molar-refractivity contribution is 6.14. The Kier molecular flexibility index (Phi) is 3.58. The first-order valence-corrected chi connectivity index (χ1v) is 8.82. The highest BCUT2D eigenvalue weighted by Gasteiger charge is 2.07. The second kappa shape index (κ2) is 6.22. The van der Waals surface area contributed by atoms with Crippen LogP contribution in [0.2, 0.25) is 0 Å². The molecule has 27 heavy (non-hydrogen) atoms. The van der Waals surface area contributed by atoms with E-state index in [1.54, 1.807) is 12.3 Å². The zero-order chi connectivity index (χ0) is 18.2. The molecule has 0 saturated heterocycles. The predicted octanol–water partition coefficient (Wildman–Crippen LogP) is 6.00. The summed E-state index contributed by atoms with van der Waals surface area (Å²) < 4.78 is 0. The quantitative estimate of drug-likeness (QED) is 0.314. The van der Waals surface area contributed by atoms with Crippen molar-refractivity contribution in [3.8, 4) is 5.75 Å². The molecule has 1 N–H and O–H groups in total. The molecule has 3 nitrogen and oxygen atoms in total. The van der Waals surface area contributed by atoms with Crippen molar-refractivity contribution in [1.29, 1.82) is 0 Å². The Bertz CT molecular complexity index is 1280. The Balaban J connectivity index is 1.76. The summed E-state index contributed by atoms with van der Waals surface area (Å²) in [6.45, 7) is 0. The first-order valence-electron chi connectivity index (χ1n) is 8.82. The van der Waals surface area contributed by atoms with Gasteiger partial charge in [0.25, 0.3) is 0 Å². The molecular weight excluding hydrogens is 332 g/mol. The van der Waals surface area contributed by atoms with Gasteiger partial charge >= 0.3 is 0 Å². The fraction of sp³-hybridized carbons (Fsp3) is 0. The number of pyridine rings is 1. The van der Waals surface area contributed by atoms with Crippen LogP contribution < -0.4 is 0 Å². The Morgan fingerprint density at radius 1 is 0.741 bits per heavy atom. The molecule has 0 amide bonds. The molecule has 128 valence electrons. The standard InChI is InChI=1S/C24H16N2O/c27-23-12-11-22(20-10-5-13-25-24(20)23)26-15-21-18-8-3-1-6-16(18)14-17-7-2-4-9-19(17)21/h1-15,27H. The van der Waals surface area contributed by atoms with Gasteiger partial charge in [-0.05, 0) is 51.9 Å². The van der Waals surface area contributed by atoms with Crippen LogP contribution >= 0.6 is 0 Å². The van der Waals surface area contributed by atoms with Gasteiger partial charge in [0.05, 0.1) is 5.69 Å². The van der Waals surface area contributed by atoms with Crippen LogP contribution in [0.3, 0.4) is 0 Å². The van der Waals surface area contributed by atoms with Gasteiger partial charge < -0.3 is 5.11 Å². The van der Waals surface area contributed by atoms with E-state index in [0.29, 0.717) is 5.52 Å². The molecule has 0 aliphatic heterocycles. The van der Waals surface area contributed by atoms with Gasteiger partial charge in [0.1, 0.15) is 11.3 Å². The molecule has 0 aliphatic rings. The molecular formula is C24H16N2O. The van der Waals surface area contributed by atoms with Gasteiger partial charge in [-0.2, -0.15) is 0 Å². The number of benzene rings is 4. The van der Waals surface area contributed by atoms with Crippen molar-refractivity contribution < 1.29 is 5.11 Å². The van der Waals surface area contributed by atoms with Gasteiger partial charge in [0.2, 0.25) is 0 Å². The maximum Gasteiger partial charge on any atom is 0.141 e. The topological polar surface area (TPSA) is 45.5 Å². The van der Waals surface area contributed by atoms with E-state index in [2.05, 4.69) is 47.4 Å². The van der Waals surface area contributed by atoms with E-state index in [0.717, 1.165) is 16.6 Å². The molecule has 3 heteroatoms. The van der Waals surface area contributed by atoms with Crippen LogP contribution in [0.25, 0.3) is 32.4 Å². The predicted molar refractivity (Wildman–Crippen MR) is 112 cm³/mol. The molecule has 5 rings (SSSR count). The number of hydrogen-bond acceptors (Lipinski definition) is 3. The Hall–Kier alpha value is -3.72. The summed E-state index contributed by atoms with van der Waals surface area (Å²) in [4.78, 5) is 9.04. The van der Waals surface area contributed by atoms with E-state index in [1.165, 1.54) is 21.5 Å². The summed E-state index contributed by atoms with van der Waals surface area (Å²) in [5.41, 5.74) is 2.44. The number of aromatic nitrogens is 1. The number of aliphatic imine (C=N–C) groups is 1. The molecule has 0 saturated carbocycles. The molecule has 0 unspecified atom stereocenters. The third-order valence-corrected chi connectivity index (χ3v) is 4.87. The van der Waals surface area contributed by atoms with Gasteiger partial charge in [-0.3, -0.25) is 9.98 Å². The van der Waals surface area contributed by atoms with Gasteiger partial charge in [-0.15, -0.1) is 0 Å². The van der Waals surface area contributed by atoms with Crippen molar-refractivity contribution in [2.45, 2.75) is 0 Å². The van der Waals surface area contributed by atoms with Crippen LogP contribution in [0.4, 0.5) is 5.69 Å². The summed E-state index contributed by atoms with van der Waals surface area (Å²) in [6.07, 6.45) is 3.59. The number of aromatic hydroxyl groups is 1. The van der Waals surface area contributed by atoms with Crippen LogP contribution in [0.1, 0.15) is 5.56 Å². The number of hydrogen-bond donors (Lipinski definition) is 1. The molecule has 5 aromatic rings. The van der Waals surface area contributed by atoms with Gasteiger partial charge in [-0.1, -0.05) is 48.5 Å². The number of nitrogens with zero attached hydrogens (tertiary/aromatic N) is 2. The summed E-state index contributed by atoms with van der Waals surface area (Å²) in [7, 11) is 0. The average molecular weight is 348 g/mol. The molecule has 1 heterocycles. The smallest absolute Gasteiger partial charge is 0.141 e. The monoisotopic (exact) mass is 348 g/mol. The number of fused-ring (bicyclic) bond motifs is 3. The Labute approximate surface area is 156 Å². The second-order valence-electron chi connectivity index (χ2n) is 6.49. The summed E-state index contributed by atoms with van der Waals surface area (Å²) >= 11 is 0. The van der Waals surface area contributed by atoms with Crippen molar-refractivity contribution in [2.24, 2.45) is 4.99 Å². The molecule has 0 atom stereocenters.